The first-order valence-electron chi connectivity index (χ1n) is 7.85. The molecule has 2 heterocycles. The average molecular weight is 287 g/mol. The van der Waals surface area contributed by atoms with E-state index in [1.807, 2.05) is 12.1 Å². The van der Waals surface area contributed by atoms with Gasteiger partial charge < -0.3 is 9.73 Å². The van der Waals surface area contributed by atoms with Crippen LogP contribution in [0.5, 0.6) is 0 Å². The van der Waals surface area contributed by atoms with Crippen molar-refractivity contribution in [2.24, 2.45) is 0 Å². The molecule has 1 spiro atoms. The van der Waals surface area contributed by atoms with Crippen molar-refractivity contribution in [3.63, 3.8) is 0 Å². The molecule has 1 aromatic heterocycles. The lowest BCUT2D eigenvalue weighted by Crippen LogP contribution is -2.44. The highest BCUT2D eigenvalue weighted by molar-refractivity contribution is 6.05. The van der Waals surface area contributed by atoms with Crippen molar-refractivity contribution in [1.29, 1.82) is 0 Å². The fourth-order valence-electron chi connectivity index (χ4n) is 3.85. The monoisotopic (exact) mass is 287 g/mol. The number of hydrogen-bond donors (Lipinski definition) is 1. The van der Waals surface area contributed by atoms with Gasteiger partial charge in [-0.25, -0.2) is 0 Å². The molecule has 1 N–H and O–H groups in total. The minimum Gasteiger partial charge on any atom is -0.456 e. The van der Waals surface area contributed by atoms with Gasteiger partial charge >= 0.3 is 0 Å². The second kappa shape index (κ2) is 4.11. The first-order chi connectivity index (χ1) is 10.8. The van der Waals surface area contributed by atoms with E-state index in [1.54, 1.807) is 0 Å². The Morgan fingerprint density at radius 2 is 1.86 bits per heavy atom. The van der Waals surface area contributed by atoms with Crippen LogP contribution in [0, 0.1) is 0 Å². The molecule has 2 nitrogen and oxygen atoms in total. The van der Waals surface area contributed by atoms with E-state index in [4.69, 9.17) is 4.42 Å². The zero-order valence-electron chi connectivity index (χ0n) is 12.5. The molecule has 2 heteroatoms. The molecule has 108 valence electrons. The van der Waals surface area contributed by atoms with E-state index in [9.17, 15) is 0 Å². The van der Waals surface area contributed by atoms with Crippen molar-refractivity contribution in [2.75, 3.05) is 6.54 Å². The van der Waals surface area contributed by atoms with Crippen molar-refractivity contribution in [1.82, 2.24) is 5.32 Å². The molecule has 0 saturated carbocycles. The lowest BCUT2D eigenvalue weighted by molar-refractivity contribution is 0.446. The lowest BCUT2D eigenvalue weighted by Gasteiger charge is -2.37. The Balaban J connectivity index is 1.89. The van der Waals surface area contributed by atoms with Crippen LogP contribution in [0.1, 0.15) is 24.0 Å². The highest BCUT2D eigenvalue weighted by Crippen LogP contribution is 2.42. The van der Waals surface area contributed by atoms with Crippen molar-refractivity contribution in [3.8, 4) is 0 Å². The summed E-state index contributed by atoms with van der Waals surface area (Å²) in [5.41, 5.74) is 4.56. The van der Waals surface area contributed by atoms with Gasteiger partial charge in [0.05, 0.1) is 5.54 Å². The molecular formula is C20H17NO. The fourth-order valence-corrected chi connectivity index (χ4v) is 3.85. The van der Waals surface area contributed by atoms with E-state index in [-0.39, 0.29) is 5.54 Å². The van der Waals surface area contributed by atoms with Crippen LogP contribution < -0.4 is 5.32 Å². The minimum absolute atomic E-state index is 0.144. The minimum atomic E-state index is -0.144. The summed E-state index contributed by atoms with van der Waals surface area (Å²) in [7, 11) is 0. The molecule has 3 aromatic rings. The van der Waals surface area contributed by atoms with Gasteiger partial charge in [0.15, 0.2) is 0 Å². The van der Waals surface area contributed by atoms with Crippen LogP contribution in [0.4, 0.5) is 0 Å². The summed E-state index contributed by atoms with van der Waals surface area (Å²) in [5.74, 6) is 0.487. The average Bonchev–Trinajstić information content (AvgIpc) is 3.15. The maximum absolute atomic E-state index is 6.06. The van der Waals surface area contributed by atoms with E-state index in [1.165, 1.54) is 21.9 Å². The predicted molar refractivity (Wildman–Crippen MR) is 90.1 cm³/mol. The topological polar surface area (TPSA) is 25.2 Å². The molecule has 5 rings (SSSR count). The number of fused-ring (bicyclic) bond motifs is 5. The van der Waals surface area contributed by atoms with Gasteiger partial charge in [-0.1, -0.05) is 49.4 Å². The SMILES string of the molecule is C[C@H]1CNC2(C=CC=C2)c2cc3c(cc21)oc1ccccc13. The lowest BCUT2D eigenvalue weighted by atomic mass is 9.79. The summed E-state index contributed by atoms with van der Waals surface area (Å²) >= 11 is 0. The molecule has 0 amide bonds. The molecule has 2 aliphatic rings. The fraction of sp³-hybridized carbons (Fsp3) is 0.200. The summed E-state index contributed by atoms with van der Waals surface area (Å²) in [6.45, 7) is 3.25. The molecule has 1 atom stereocenters. The second-order valence-electron chi connectivity index (χ2n) is 6.40. The van der Waals surface area contributed by atoms with E-state index in [2.05, 4.69) is 60.8 Å². The van der Waals surface area contributed by atoms with E-state index in [0.29, 0.717) is 5.92 Å². The number of nitrogens with one attached hydrogen (secondary N) is 1. The van der Waals surface area contributed by atoms with Crippen LogP contribution in [0.2, 0.25) is 0 Å². The maximum Gasteiger partial charge on any atom is 0.135 e. The number of furan rings is 1. The Labute approximate surface area is 129 Å². The molecule has 0 bridgehead atoms. The third-order valence-electron chi connectivity index (χ3n) is 5.06. The van der Waals surface area contributed by atoms with E-state index < -0.39 is 0 Å². The van der Waals surface area contributed by atoms with Crippen molar-refractivity contribution in [2.45, 2.75) is 18.4 Å². The Kier molecular flexibility index (Phi) is 2.29. The first-order valence-corrected chi connectivity index (χ1v) is 7.85. The smallest absolute Gasteiger partial charge is 0.135 e. The van der Waals surface area contributed by atoms with Gasteiger partial charge in [0.2, 0.25) is 0 Å². The Morgan fingerprint density at radius 1 is 1.05 bits per heavy atom. The van der Waals surface area contributed by atoms with Crippen LogP contribution >= 0.6 is 0 Å². The number of allylic oxidation sites excluding steroid dienone is 2. The summed E-state index contributed by atoms with van der Waals surface area (Å²) in [5, 5.41) is 6.10. The van der Waals surface area contributed by atoms with Gasteiger partial charge in [-0.3, -0.25) is 0 Å². The molecule has 2 aromatic carbocycles. The summed E-state index contributed by atoms with van der Waals surface area (Å²) < 4.78 is 6.06. The van der Waals surface area contributed by atoms with Crippen molar-refractivity contribution in [3.05, 3.63) is 71.8 Å². The molecular weight excluding hydrogens is 270 g/mol. The van der Waals surface area contributed by atoms with Crippen molar-refractivity contribution >= 4 is 21.9 Å². The molecule has 0 unspecified atom stereocenters. The molecule has 22 heavy (non-hydrogen) atoms. The van der Waals surface area contributed by atoms with Crippen molar-refractivity contribution < 1.29 is 4.42 Å². The third kappa shape index (κ3) is 1.48. The summed E-state index contributed by atoms with van der Waals surface area (Å²) in [4.78, 5) is 0. The highest BCUT2D eigenvalue weighted by atomic mass is 16.3. The van der Waals surface area contributed by atoms with Gasteiger partial charge in [-0.2, -0.15) is 0 Å². The molecule has 1 aliphatic heterocycles. The first kappa shape index (κ1) is 12.2. The molecule has 0 radical (unpaired) electrons. The quantitative estimate of drug-likeness (QED) is 0.653. The Hall–Kier alpha value is -2.32. The third-order valence-corrected chi connectivity index (χ3v) is 5.06. The Morgan fingerprint density at radius 3 is 2.73 bits per heavy atom. The number of benzene rings is 2. The van der Waals surface area contributed by atoms with Crippen LogP contribution in [-0.4, -0.2) is 6.54 Å². The van der Waals surface area contributed by atoms with Crippen LogP contribution in [-0.2, 0) is 5.54 Å². The highest BCUT2D eigenvalue weighted by Gasteiger charge is 2.36. The largest absolute Gasteiger partial charge is 0.456 e. The summed E-state index contributed by atoms with van der Waals surface area (Å²) in [6, 6.07) is 12.8. The molecule has 0 saturated heterocycles. The Bertz CT molecular complexity index is 948. The number of rotatable bonds is 0. The summed E-state index contributed by atoms with van der Waals surface area (Å²) in [6.07, 6.45) is 8.77. The van der Waals surface area contributed by atoms with Gasteiger partial charge in [-0.05, 0) is 35.2 Å². The normalized spacial score (nSPS) is 22.0. The standard InChI is InChI=1S/C20H17NO/c1-13-12-21-20(8-4-5-9-20)17-10-16-14-6-2-3-7-18(14)22-19(16)11-15(13)17/h2-11,13,21H,12H2,1H3/t13-/m0/s1. The zero-order chi connectivity index (χ0) is 14.7. The van der Waals surface area contributed by atoms with Gasteiger partial charge in [-0.15, -0.1) is 0 Å². The molecule has 1 aliphatic carbocycles. The van der Waals surface area contributed by atoms with E-state index >= 15 is 0 Å². The van der Waals surface area contributed by atoms with Crippen LogP contribution in [0.3, 0.4) is 0 Å². The predicted octanol–water partition coefficient (Wildman–Crippen LogP) is 4.61. The van der Waals surface area contributed by atoms with E-state index in [0.717, 1.165) is 17.7 Å². The van der Waals surface area contributed by atoms with Crippen LogP contribution in [0.25, 0.3) is 21.9 Å². The maximum atomic E-state index is 6.06. The van der Waals surface area contributed by atoms with Gasteiger partial charge in [0.25, 0.3) is 0 Å². The zero-order valence-corrected chi connectivity index (χ0v) is 12.5. The van der Waals surface area contributed by atoms with Crippen LogP contribution in [0.15, 0.2) is 65.1 Å². The van der Waals surface area contributed by atoms with Gasteiger partial charge in [0.1, 0.15) is 11.2 Å². The molecule has 0 fully saturated rings. The van der Waals surface area contributed by atoms with Gasteiger partial charge in [0, 0.05) is 17.3 Å². The second-order valence-corrected chi connectivity index (χ2v) is 6.40. The number of para-hydroxylation sites is 1. The number of hydrogen-bond acceptors (Lipinski definition) is 2.